The third kappa shape index (κ3) is 5.08. The van der Waals surface area contributed by atoms with Crippen molar-refractivity contribution in [2.24, 2.45) is 0 Å². The second-order valence-electron chi connectivity index (χ2n) is 7.47. The largest absolute Gasteiger partial charge is 0.508 e. The number of thiazole rings is 1. The molecule has 0 bridgehead atoms. The van der Waals surface area contributed by atoms with Crippen molar-refractivity contribution >= 4 is 55.9 Å². The third-order valence-corrected chi connectivity index (χ3v) is 6.33. The van der Waals surface area contributed by atoms with Crippen LogP contribution in [-0.2, 0) is 0 Å². The molecule has 0 aliphatic rings. The third-order valence-electron chi connectivity index (χ3n) is 5.08. The van der Waals surface area contributed by atoms with Gasteiger partial charge in [-0.05, 0) is 49.7 Å². The minimum absolute atomic E-state index is 0.114. The number of phenols is 1. The van der Waals surface area contributed by atoms with E-state index in [1.165, 1.54) is 11.3 Å². The highest BCUT2D eigenvalue weighted by molar-refractivity contribution is 7.22. The minimum atomic E-state index is -0.447. The normalized spacial score (nSPS) is 11.7. The van der Waals surface area contributed by atoms with E-state index in [1.807, 2.05) is 19.1 Å². The van der Waals surface area contributed by atoms with Crippen molar-refractivity contribution in [1.29, 1.82) is 0 Å². The van der Waals surface area contributed by atoms with Crippen molar-refractivity contribution in [1.82, 2.24) is 10.3 Å². The molecule has 1 aromatic heterocycles. The summed E-state index contributed by atoms with van der Waals surface area (Å²) < 4.78 is 0.752. The Labute approximate surface area is 199 Å². The molecule has 3 amide bonds. The number of fused-ring (bicyclic) bond motifs is 1. The summed E-state index contributed by atoms with van der Waals surface area (Å²) in [5.74, 6) is -0.173. The molecule has 0 saturated carbocycles. The quantitative estimate of drug-likeness (QED) is 0.277. The van der Waals surface area contributed by atoms with Crippen molar-refractivity contribution in [2.75, 3.05) is 10.6 Å². The van der Waals surface area contributed by atoms with Gasteiger partial charge in [0, 0.05) is 11.1 Å². The van der Waals surface area contributed by atoms with Crippen LogP contribution in [0.5, 0.6) is 5.75 Å². The number of phenolic OH excluding ortho intramolecular Hbond substituents is 1. The number of nitrogens with one attached hydrogen (secondary N) is 3. The number of aromatic nitrogens is 1. The van der Waals surface area contributed by atoms with Crippen LogP contribution in [0.1, 0.15) is 34.5 Å². The van der Waals surface area contributed by atoms with Crippen LogP contribution in [0.15, 0.2) is 60.7 Å². The summed E-state index contributed by atoms with van der Waals surface area (Å²) in [6.45, 7) is 3.65. The first kappa shape index (κ1) is 22.6. The number of benzene rings is 3. The monoisotopic (exact) mass is 480 g/mol. The Morgan fingerprint density at radius 1 is 1.06 bits per heavy atom. The highest BCUT2D eigenvalue weighted by atomic mass is 35.5. The molecule has 4 aromatic rings. The molecule has 0 spiro atoms. The van der Waals surface area contributed by atoms with Crippen LogP contribution >= 0.6 is 22.9 Å². The average Bonchev–Trinajstić information content (AvgIpc) is 3.17. The number of nitrogens with zero attached hydrogens (tertiary/aromatic N) is 1. The molecule has 7 nitrogen and oxygen atoms in total. The minimum Gasteiger partial charge on any atom is -0.508 e. The maximum Gasteiger partial charge on any atom is 0.321 e. The molecular weight excluding hydrogens is 460 g/mol. The van der Waals surface area contributed by atoms with Gasteiger partial charge < -0.3 is 15.7 Å². The molecule has 0 aliphatic carbocycles. The molecule has 1 heterocycles. The fourth-order valence-electron chi connectivity index (χ4n) is 3.36. The number of anilines is 2. The van der Waals surface area contributed by atoms with Gasteiger partial charge in [0.1, 0.15) is 5.75 Å². The second-order valence-corrected chi connectivity index (χ2v) is 8.90. The molecule has 0 saturated heterocycles. The molecule has 0 unspecified atom stereocenters. The van der Waals surface area contributed by atoms with E-state index in [0.29, 0.717) is 32.5 Å². The lowest BCUT2D eigenvalue weighted by Gasteiger charge is -2.15. The van der Waals surface area contributed by atoms with Crippen LogP contribution in [-0.4, -0.2) is 22.0 Å². The molecule has 1 atom stereocenters. The van der Waals surface area contributed by atoms with Crippen LogP contribution < -0.4 is 16.0 Å². The smallest absolute Gasteiger partial charge is 0.321 e. The molecule has 4 N–H and O–H groups in total. The number of hydrogen-bond donors (Lipinski definition) is 4. The van der Waals surface area contributed by atoms with Crippen LogP contribution in [0.25, 0.3) is 10.2 Å². The van der Waals surface area contributed by atoms with Gasteiger partial charge in [0.05, 0.1) is 27.0 Å². The summed E-state index contributed by atoms with van der Waals surface area (Å²) >= 11 is 7.47. The van der Waals surface area contributed by atoms with Crippen molar-refractivity contribution in [2.45, 2.75) is 19.9 Å². The second kappa shape index (κ2) is 9.48. The first-order valence-electron chi connectivity index (χ1n) is 10.1. The first-order valence-corrected chi connectivity index (χ1v) is 11.3. The lowest BCUT2D eigenvalue weighted by atomic mass is 10.1. The van der Waals surface area contributed by atoms with E-state index in [-0.39, 0.29) is 11.7 Å². The van der Waals surface area contributed by atoms with Gasteiger partial charge in [-0.3, -0.25) is 10.1 Å². The molecule has 0 fully saturated rings. The number of carbonyl (C=O) groups is 2. The van der Waals surface area contributed by atoms with E-state index in [9.17, 15) is 14.7 Å². The molecule has 9 heteroatoms. The number of halogens is 1. The van der Waals surface area contributed by atoms with E-state index in [0.717, 1.165) is 10.3 Å². The van der Waals surface area contributed by atoms with E-state index in [2.05, 4.69) is 20.9 Å². The van der Waals surface area contributed by atoms with E-state index < -0.39 is 12.1 Å². The molecular formula is C24H21ClN4O3S. The fraction of sp³-hybridized carbons (Fsp3) is 0.125. The Kier molecular flexibility index (Phi) is 6.48. The van der Waals surface area contributed by atoms with Gasteiger partial charge in [0.15, 0.2) is 5.13 Å². The van der Waals surface area contributed by atoms with Crippen molar-refractivity contribution in [3.63, 3.8) is 0 Å². The molecule has 0 aliphatic heterocycles. The summed E-state index contributed by atoms with van der Waals surface area (Å²) in [7, 11) is 0. The molecule has 168 valence electrons. The number of amides is 3. The van der Waals surface area contributed by atoms with Crippen LogP contribution in [0.3, 0.4) is 0 Å². The van der Waals surface area contributed by atoms with Gasteiger partial charge in [-0.15, -0.1) is 0 Å². The Morgan fingerprint density at radius 2 is 1.85 bits per heavy atom. The molecule has 33 heavy (non-hydrogen) atoms. The Hall–Kier alpha value is -3.62. The van der Waals surface area contributed by atoms with Crippen molar-refractivity contribution in [3.05, 3.63) is 82.4 Å². The molecule has 3 aromatic carbocycles. The number of aromatic hydroxyl groups is 1. The number of rotatable bonds is 5. The predicted octanol–water partition coefficient (Wildman–Crippen LogP) is 6.10. The Bertz CT molecular complexity index is 1330. The maximum absolute atomic E-state index is 12.7. The lowest BCUT2D eigenvalue weighted by Crippen LogP contribution is -2.31. The summed E-state index contributed by atoms with van der Waals surface area (Å²) in [4.78, 5) is 29.6. The zero-order chi connectivity index (χ0) is 23.5. The van der Waals surface area contributed by atoms with Crippen LogP contribution in [0.2, 0.25) is 5.02 Å². The van der Waals surface area contributed by atoms with Crippen LogP contribution in [0.4, 0.5) is 15.6 Å². The maximum atomic E-state index is 12.7. The van der Waals surface area contributed by atoms with E-state index in [1.54, 1.807) is 55.5 Å². The highest BCUT2D eigenvalue weighted by Crippen LogP contribution is 2.29. The number of aryl methyl sites for hydroxylation is 1. The molecule has 4 rings (SSSR count). The Balaban J connectivity index is 1.46. The van der Waals surface area contributed by atoms with Crippen molar-refractivity contribution in [3.8, 4) is 5.75 Å². The summed E-state index contributed by atoms with van der Waals surface area (Å²) in [6, 6.07) is 16.5. The number of carbonyl (C=O) groups excluding carboxylic acids is 2. The standard InChI is InChI=1S/C24H21ClN4O3S/c1-13-6-5-8-17(25)21(13)28-22(31)15-10-11-18-20(12-15)33-24(27-18)29-23(32)26-14(2)16-7-3-4-9-19(16)30/h3-12,14,30H,1-2H3,(H,28,31)(H2,26,27,29,32)/t14-/m0/s1. The van der Waals surface area contributed by atoms with Crippen molar-refractivity contribution < 1.29 is 14.7 Å². The fourth-order valence-corrected chi connectivity index (χ4v) is 4.53. The van der Waals surface area contributed by atoms with Gasteiger partial charge in [-0.1, -0.05) is 53.3 Å². The highest BCUT2D eigenvalue weighted by Gasteiger charge is 2.16. The van der Waals surface area contributed by atoms with E-state index >= 15 is 0 Å². The van der Waals surface area contributed by atoms with Gasteiger partial charge >= 0.3 is 6.03 Å². The van der Waals surface area contributed by atoms with Gasteiger partial charge in [0.25, 0.3) is 5.91 Å². The van der Waals surface area contributed by atoms with Gasteiger partial charge in [-0.25, -0.2) is 9.78 Å². The number of para-hydroxylation sites is 2. The summed E-state index contributed by atoms with van der Waals surface area (Å²) in [5, 5.41) is 19.2. The lowest BCUT2D eigenvalue weighted by molar-refractivity contribution is 0.102. The zero-order valence-electron chi connectivity index (χ0n) is 17.8. The number of urea groups is 1. The number of hydrogen-bond acceptors (Lipinski definition) is 5. The zero-order valence-corrected chi connectivity index (χ0v) is 19.4. The van der Waals surface area contributed by atoms with Gasteiger partial charge in [0.2, 0.25) is 0 Å². The molecule has 0 radical (unpaired) electrons. The predicted molar refractivity (Wildman–Crippen MR) is 132 cm³/mol. The topological polar surface area (TPSA) is 103 Å². The van der Waals surface area contributed by atoms with Crippen LogP contribution in [0, 0.1) is 6.92 Å². The Morgan fingerprint density at radius 3 is 2.61 bits per heavy atom. The summed E-state index contributed by atoms with van der Waals surface area (Å²) in [5.41, 5.74) is 3.17. The first-order chi connectivity index (χ1) is 15.8. The van der Waals surface area contributed by atoms with Gasteiger partial charge in [-0.2, -0.15) is 0 Å². The average molecular weight is 481 g/mol. The van der Waals surface area contributed by atoms with E-state index in [4.69, 9.17) is 11.6 Å². The summed E-state index contributed by atoms with van der Waals surface area (Å²) in [6.07, 6.45) is 0. The SMILES string of the molecule is Cc1cccc(Cl)c1NC(=O)c1ccc2nc(NC(=O)N[C@@H](C)c3ccccc3O)sc2c1.